The van der Waals surface area contributed by atoms with E-state index in [0.29, 0.717) is 29.5 Å². The summed E-state index contributed by atoms with van der Waals surface area (Å²) in [5, 5.41) is 28.5. The predicted octanol–water partition coefficient (Wildman–Crippen LogP) is 2.08. The number of carboxylic acid groups (broad SMARTS) is 2. The minimum atomic E-state index is -0.951. The Labute approximate surface area is 267 Å². The first-order chi connectivity index (χ1) is 21.3. The number of carbonyl (C=O) groups excluding carboxylic acids is 2. The molecule has 0 saturated carbocycles. The summed E-state index contributed by atoms with van der Waals surface area (Å²) < 4.78 is 0. The lowest BCUT2D eigenvalue weighted by atomic mass is 9.87. The number of hydrogen-bond acceptors (Lipinski definition) is 7. The number of thiol groups is 1. The minimum Gasteiger partial charge on any atom is -0.481 e. The van der Waals surface area contributed by atoms with Crippen LogP contribution in [0.3, 0.4) is 0 Å². The number of rotatable bonds is 13. The van der Waals surface area contributed by atoms with E-state index in [0.717, 1.165) is 39.7 Å². The molecule has 2 amide bonds. The van der Waals surface area contributed by atoms with Crippen LogP contribution in [0.25, 0.3) is 12.2 Å². The molecule has 12 heteroatoms. The van der Waals surface area contributed by atoms with Gasteiger partial charge in [0, 0.05) is 53.1 Å². The van der Waals surface area contributed by atoms with Gasteiger partial charge in [-0.25, -0.2) is 9.90 Å². The molecule has 0 spiro atoms. The zero-order chi connectivity index (χ0) is 32.8. The van der Waals surface area contributed by atoms with E-state index in [4.69, 9.17) is 4.84 Å². The molecule has 0 bridgehead atoms. The van der Waals surface area contributed by atoms with Crippen molar-refractivity contribution in [1.82, 2.24) is 20.7 Å². The van der Waals surface area contributed by atoms with Gasteiger partial charge in [0.15, 0.2) is 0 Å². The molecule has 11 nitrogen and oxygen atoms in total. The van der Waals surface area contributed by atoms with Crippen molar-refractivity contribution in [2.75, 3.05) is 5.75 Å². The van der Waals surface area contributed by atoms with Crippen molar-refractivity contribution in [3.05, 3.63) is 56.9 Å². The number of nitrogens with one attached hydrogen (secondary N) is 3. The van der Waals surface area contributed by atoms with Crippen molar-refractivity contribution in [1.29, 1.82) is 0 Å². The van der Waals surface area contributed by atoms with Crippen LogP contribution in [0.5, 0.6) is 0 Å². The Balaban J connectivity index is 1.56. The number of aromatic nitrogens is 1. The molecule has 1 aromatic heterocycles. The molecule has 1 aromatic rings. The average molecular weight is 639 g/mol. The summed E-state index contributed by atoms with van der Waals surface area (Å²) in [5.74, 6) is -1.70. The van der Waals surface area contributed by atoms with Crippen LogP contribution < -0.4 is 21.3 Å². The number of aromatic amines is 1. The lowest BCUT2D eigenvalue weighted by Gasteiger charge is -2.17. The second kappa shape index (κ2) is 12.6. The first-order valence-corrected chi connectivity index (χ1v) is 16.1. The second-order valence-electron chi connectivity index (χ2n) is 12.5. The Kier molecular flexibility index (Phi) is 9.10. The fourth-order valence-corrected chi connectivity index (χ4v) is 7.61. The van der Waals surface area contributed by atoms with Gasteiger partial charge in [-0.3, -0.25) is 19.2 Å². The number of carbonyl (C=O) groups is 4. The van der Waals surface area contributed by atoms with Gasteiger partial charge < -0.3 is 25.8 Å². The highest BCUT2D eigenvalue weighted by molar-refractivity contribution is 7.80. The van der Waals surface area contributed by atoms with E-state index in [9.17, 15) is 29.4 Å². The van der Waals surface area contributed by atoms with E-state index < -0.39 is 17.7 Å². The number of fused-ring (bicyclic) bond motifs is 1. The van der Waals surface area contributed by atoms with Gasteiger partial charge in [0.05, 0.1) is 12.1 Å². The van der Waals surface area contributed by atoms with E-state index in [1.165, 1.54) is 0 Å². The largest absolute Gasteiger partial charge is 0.481 e. The third-order valence-corrected chi connectivity index (χ3v) is 10.3. The van der Waals surface area contributed by atoms with Gasteiger partial charge in [0.2, 0.25) is 11.6 Å². The van der Waals surface area contributed by atoms with Gasteiger partial charge in [0.25, 0.3) is 5.91 Å². The maximum Gasteiger partial charge on any atom is 0.303 e. The summed E-state index contributed by atoms with van der Waals surface area (Å²) in [4.78, 5) is 58.1. The zero-order valence-electron chi connectivity index (χ0n) is 26.1. The van der Waals surface area contributed by atoms with Crippen LogP contribution >= 0.6 is 12.6 Å². The van der Waals surface area contributed by atoms with Crippen molar-refractivity contribution in [3.8, 4) is 0 Å². The molecule has 0 aliphatic carbocycles. The Bertz CT molecular complexity index is 1640. The van der Waals surface area contributed by atoms with Crippen LogP contribution in [0.15, 0.2) is 35.1 Å². The van der Waals surface area contributed by atoms with Gasteiger partial charge in [-0.05, 0) is 86.1 Å². The van der Waals surface area contributed by atoms with Gasteiger partial charge in [0.1, 0.15) is 0 Å². The van der Waals surface area contributed by atoms with Crippen LogP contribution in [0.2, 0.25) is 0 Å². The molecule has 2 unspecified atom stereocenters. The summed E-state index contributed by atoms with van der Waals surface area (Å²) in [5.41, 5.74) is 4.09. The average Bonchev–Trinajstić information content (AvgIpc) is 3.28. The zero-order valence-corrected chi connectivity index (χ0v) is 27.0. The molecule has 0 radical (unpaired) electrons. The topological polar surface area (TPSA) is 164 Å². The molecule has 5 heterocycles. The van der Waals surface area contributed by atoms with Crippen LogP contribution in [0, 0.1) is 24.7 Å². The summed E-state index contributed by atoms with van der Waals surface area (Å²) in [6, 6.07) is -0.447. The van der Waals surface area contributed by atoms with Crippen molar-refractivity contribution >= 4 is 48.5 Å². The Morgan fingerprint density at radius 3 is 2.40 bits per heavy atom. The third-order valence-electron chi connectivity index (χ3n) is 10.0. The quantitative estimate of drug-likeness (QED) is 0.141. The Morgan fingerprint density at radius 2 is 1.78 bits per heavy atom. The Morgan fingerprint density at radius 1 is 1.07 bits per heavy atom. The maximum absolute atomic E-state index is 12.5. The second-order valence-corrected chi connectivity index (χ2v) is 13.0. The van der Waals surface area contributed by atoms with E-state index in [-0.39, 0.29) is 60.9 Å². The first-order valence-electron chi connectivity index (χ1n) is 15.4. The number of aliphatic carboxylic acids is 2. The van der Waals surface area contributed by atoms with Gasteiger partial charge in [-0.15, -0.1) is 0 Å². The molecular weight excluding hydrogens is 596 g/mol. The van der Waals surface area contributed by atoms with Crippen molar-refractivity contribution in [2.45, 2.75) is 84.0 Å². The smallest absolute Gasteiger partial charge is 0.303 e. The van der Waals surface area contributed by atoms with Crippen LogP contribution in [0.1, 0.15) is 64.0 Å². The lowest BCUT2D eigenvalue weighted by Crippen LogP contribution is -2.30. The summed E-state index contributed by atoms with van der Waals surface area (Å²) in [6.07, 6.45) is 7.25. The molecule has 4 aliphatic rings. The number of carboxylic acids is 2. The molecule has 45 heavy (non-hydrogen) atoms. The number of amides is 2. The normalized spacial score (nSPS) is 29.9. The Hall–Kier alpha value is -3.77. The first kappa shape index (κ1) is 32.6. The number of H-pyrrole nitrogens is 1. The molecular formula is C33H42N4O7S. The molecule has 5 rings (SSSR count). The van der Waals surface area contributed by atoms with E-state index in [1.807, 2.05) is 44.9 Å². The summed E-state index contributed by atoms with van der Waals surface area (Å²) in [6.45, 7) is 11.5. The molecule has 6 atom stereocenters. The van der Waals surface area contributed by atoms with Crippen molar-refractivity contribution in [3.63, 3.8) is 0 Å². The molecule has 5 N–H and O–H groups in total. The van der Waals surface area contributed by atoms with Gasteiger partial charge >= 0.3 is 11.9 Å². The van der Waals surface area contributed by atoms with Crippen LogP contribution in [-0.2, 0) is 30.4 Å². The highest BCUT2D eigenvalue weighted by Crippen LogP contribution is 2.58. The van der Waals surface area contributed by atoms with Crippen molar-refractivity contribution in [2.24, 2.45) is 17.8 Å². The third kappa shape index (κ3) is 5.97. The van der Waals surface area contributed by atoms with Crippen LogP contribution in [0.4, 0.5) is 0 Å². The van der Waals surface area contributed by atoms with Crippen LogP contribution in [-0.4, -0.2) is 67.6 Å². The van der Waals surface area contributed by atoms with Gasteiger partial charge in [-0.1, -0.05) is 19.6 Å². The highest BCUT2D eigenvalue weighted by atomic mass is 32.1. The SMILES string of the molecule is C=CC1=C(C)[C@@H](CC2=C(C)C(CCC(=O)O)[C@@]3(/C=c4\[nH]/c(=C/C5NC(=O)[C@H](C)[C@H]5CCS)c(C)c4CCC(=O)O)ON23)NC1=O. The summed E-state index contributed by atoms with van der Waals surface area (Å²) >= 11 is 4.40. The fraction of sp³-hybridized carbons (Fsp3) is 0.515. The van der Waals surface area contributed by atoms with E-state index in [1.54, 1.807) is 6.08 Å². The number of nitrogens with zero attached hydrogens (tertiary/aromatic N) is 1. The standard InChI is InChI=1S/C33H42N4O7S/c1-6-20-16(2)25(35-32(20)43)14-28-19(5)23(8-10-30(40)41)33(37(28)44-33)15-27-21(7-9-29(38)39)17(3)24(34-27)13-26-22(11-12-45)18(4)31(42)36-26/h6,13,15,18,22-23,25-26,34,45H,1,7-12,14H2,2-5H3,(H,35,43)(H,36,42)(H,38,39)(H,40,41)/b24-13+,27-15-/t18-,22-,23?,25-,26?,33-,37?/m1/s1. The maximum atomic E-state index is 12.5. The number of hydroxylamine groups is 2. The molecule has 242 valence electrons. The molecule has 2 fully saturated rings. The van der Waals surface area contributed by atoms with Crippen molar-refractivity contribution < 1.29 is 34.2 Å². The predicted molar refractivity (Wildman–Crippen MR) is 171 cm³/mol. The number of hydrogen-bond donors (Lipinski definition) is 6. The van der Waals surface area contributed by atoms with E-state index >= 15 is 0 Å². The lowest BCUT2D eigenvalue weighted by molar-refractivity contribution is -0.138. The highest BCUT2D eigenvalue weighted by Gasteiger charge is 2.65. The molecule has 4 aliphatic heterocycles. The monoisotopic (exact) mass is 638 g/mol. The minimum absolute atomic E-state index is 0.00362. The summed E-state index contributed by atoms with van der Waals surface area (Å²) in [7, 11) is 0. The molecule has 0 aromatic carbocycles. The van der Waals surface area contributed by atoms with E-state index in [2.05, 4.69) is 34.8 Å². The fourth-order valence-electron chi connectivity index (χ4n) is 7.31. The molecule has 2 saturated heterocycles. The van der Waals surface area contributed by atoms with Gasteiger partial charge in [-0.2, -0.15) is 12.6 Å².